The number of furan rings is 1. The minimum atomic E-state index is 0.376. The van der Waals surface area contributed by atoms with E-state index in [2.05, 4.69) is 24.1 Å². The molecular formula is C15H26N2O2. The molecule has 1 fully saturated rings. The zero-order valence-electron chi connectivity index (χ0n) is 12.1. The Labute approximate surface area is 116 Å². The van der Waals surface area contributed by atoms with Gasteiger partial charge in [-0.25, -0.2) is 0 Å². The van der Waals surface area contributed by atoms with Crippen LogP contribution in [0.15, 0.2) is 22.8 Å². The Kier molecular flexibility index (Phi) is 5.89. The Balaban J connectivity index is 1.49. The second-order valence-electron chi connectivity index (χ2n) is 5.48. The second kappa shape index (κ2) is 7.68. The third-order valence-electron chi connectivity index (χ3n) is 3.45. The standard InChI is InChI=1S/C15H26N2O2/c1-13-11-17(12-14(2)19-13)8-4-3-7-16-10-15-6-5-9-18-15/h5-6,9,13-14,16H,3-4,7-8,10-12H2,1-2H3. The lowest BCUT2D eigenvalue weighted by Gasteiger charge is -2.35. The summed E-state index contributed by atoms with van der Waals surface area (Å²) >= 11 is 0. The normalized spacial score (nSPS) is 24.7. The fourth-order valence-corrected chi connectivity index (χ4v) is 2.68. The van der Waals surface area contributed by atoms with Gasteiger partial charge < -0.3 is 14.5 Å². The van der Waals surface area contributed by atoms with Crippen molar-refractivity contribution in [1.82, 2.24) is 10.2 Å². The maximum Gasteiger partial charge on any atom is 0.117 e. The number of hydrogen-bond acceptors (Lipinski definition) is 4. The van der Waals surface area contributed by atoms with Crippen molar-refractivity contribution in [2.24, 2.45) is 0 Å². The molecule has 2 rings (SSSR count). The van der Waals surface area contributed by atoms with Gasteiger partial charge in [0.05, 0.1) is 25.0 Å². The van der Waals surface area contributed by atoms with Crippen molar-refractivity contribution in [3.63, 3.8) is 0 Å². The lowest BCUT2D eigenvalue weighted by atomic mass is 10.2. The average molecular weight is 266 g/mol. The molecule has 2 unspecified atom stereocenters. The summed E-state index contributed by atoms with van der Waals surface area (Å²) in [6.07, 6.45) is 4.92. The zero-order chi connectivity index (χ0) is 13.5. The molecule has 4 nitrogen and oxygen atoms in total. The fourth-order valence-electron chi connectivity index (χ4n) is 2.68. The van der Waals surface area contributed by atoms with Gasteiger partial charge in [-0.05, 0) is 51.9 Å². The van der Waals surface area contributed by atoms with Gasteiger partial charge in [0, 0.05) is 13.1 Å². The van der Waals surface area contributed by atoms with Gasteiger partial charge in [-0.15, -0.1) is 0 Å². The Morgan fingerprint density at radius 1 is 1.26 bits per heavy atom. The molecule has 4 heteroatoms. The Hall–Kier alpha value is -0.840. The van der Waals surface area contributed by atoms with Crippen molar-refractivity contribution in [3.8, 4) is 0 Å². The van der Waals surface area contributed by atoms with Crippen molar-refractivity contribution in [2.75, 3.05) is 26.2 Å². The number of unbranched alkanes of at least 4 members (excludes halogenated alkanes) is 1. The molecule has 0 radical (unpaired) electrons. The van der Waals surface area contributed by atoms with E-state index in [9.17, 15) is 0 Å². The number of hydrogen-bond donors (Lipinski definition) is 1. The number of morpholine rings is 1. The topological polar surface area (TPSA) is 37.6 Å². The van der Waals surface area contributed by atoms with Gasteiger partial charge >= 0.3 is 0 Å². The summed E-state index contributed by atoms with van der Waals surface area (Å²) in [5.41, 5.74) is 0. The molecule has 1 aliphatic rings. The molecule has 1 aromatic heterocycles. The molecule has 0 aliphatic carbocycles. The van der Waals surface area contributed by atoms with E-state index < -0.39 is 0 Å². The van der Waals surface area contributed by atoms with Crippen LogP contribution in [0.2, 0.25) is 0 Å². The summed E-state index contributed by atoms with van der Waals surface area (Å²) in [5, 5.41) is 3.41. The highest BCUT2D eigenvalue weighted by molar-refractivity contribution is 4.97. The first-order valence-corrected chi connectivity index (χ1v) is 7.35. The highest BCUT2D eigenvalue weighted by Crippen LogP contribution is 2.11. The smallest absolute Gasteiger partial charge is 0.117 e. The van der Waals surface area contributed by atoms with E-state index in [1.165, 1.54) is 19.4 Å². The molecule has 0 bridgehead atoms. The Morgan fingerprint density at radius 2 is 2.05 bits per heavy atom. The molecule has 1 aromatic rings. The van der Waals surface area contributed by atoms with Gasteiger partial charge in [0.25, 0.3) is 0 Å². The van der Waals surface area contributed by atoms with E-state index in [0.717, 1.165) is 31.9 Å². The molecule has 108 valence electrons. The van der Waals surface area contributed by atoms with Crippen LogP contribution in [0.4, 0.5) is 0 Å². The Bertz CT molecular complexity index is 330. The lowest BCUT2D eigenvalue weighted by Crippen LogP contribution is -2.45. The van der Waals surface area contributed by atoms with Gasteiger partial charge in [-0.3, -0.25) is 4.90 Å². The quantitative estimate of drug-likeness (QED) is 0.768. The summed E-state index contributed by atoms with van der Waals surface area (Å²) < 4.78 is 11.0. The maximum absolute atomic E-state index is 5.74. The summed E-state index contributed by atoms with van der Waals surface area (Å²) in [6, 6.07) is 3.93. The van der Waals surface area contributed by atoms with Crippen LogP contribution in [0.25, 0.3) is 0 Å². The third-order valence-corrected chi connectivity index (χ3v) is 3.45. The number of ether oxygens (including phenoxy) is 1. The molecule has 2 heterocycles. The highest BCUT2D eigenvalue weighted by Gasteiger charge is 2.21. The van der Waals surface area contributed by atoms with Gasteiger partial charge in [0.1, 0.15) is 5.76 Å². The van der Waals surface area contributed by atoms with Crippen molar-refractivity contribution in [1.29, 1.82) is 0 Å². The van der Waals surface area contributed by atoms with Crippen molar-refractivity contribution < 1.29 is 9.15 Å². The third kappa shape index (κ3) is 5.35. The van der Waals surface area contributed by atoms with Crippen molar-refractivity contribution >= 4 is 0 Å². The SMILES string of the molecule is CC1CN(CCCCNCc2ccco2)CC(C)O1. The van der Waals surface area contributed by atoms with Crippen LogP contribution in [0.5, 0.6) is 0 Å². The van der Waals surface area contributed by atoms with E-state index >= 15 is 0 Å². The predicted octanol–water partition coefficient (Wildman–Crippen LogP) is 2.26. The van der Waals surface area contributed by atoms with Crippen molar-refractivity contribution in [3.05, 3.63) is 24.2 Å². The van der Waals surface area contributed by atoms with Gasteiger partial charge in [0.2, 0.25) is 0 Å². The van der Waals surface area contributed by atoms with Crippen LogP contribution < -0.4 is 5.32 Å². The maximum atomic E-state index is 5.74. The number of rotatable bonds is 7. The minimum Gasteiger partial charge on any atom is -0.468 e. The summed E-state index contributed by atoms with van der Waals surface area (Å²) in [5.74, 6) is 1.01. The van der Waals surface area contributed by atoms with Crippen LogP contribution in [-0.2, 0) is 11.3 Å². The van der Waals surface area contributed by atoms with E-state index in [-0.39, 0.29) is 0 Å². The van der Waals surface area contributed by atoms with E-state index in [0.29, 0.717) is 12.2 Å². The molecular weight excluding hydrogens is 240 g/mol. The summed E-state index contributed by atoms with van der Waals surface area (Å²) in [6.45, 7) is 9.53. The van der Waals surface area contributed by atoms with Gasteiger partial charge in [-0.1, -0.05) is 0 Å². The van der Waals surface area contributed by atoms with Gasteiger partial charge in [-0.2, -0.15) is 0 Å². The van der Waals surface area contributed by atoms with E-state index in [4.69, 9.17) is 9.15 Å². The molecule has 19 heavy (non-hydrogen) atoms. The summed E-state index contributed by atoms with van der Waals surface area (Å²) in [4.78, 5) is 2.52. The second-order valence-corrected chi connectivity index (χ2v) is 5.48. The highest BCUT2D eigenvalue weighted by atomic mass is 16.5. The molecule has 2 atom stereocenters. The molecule has 1 aliphatic heterocycles. The monoisotopic (exact) mass is 266 g/mol. The minimum absolute atomic E-state index is 0.376. The van der Waals surface area contributed by atoms with Crippen LogP contribution in [0.3, 0.4) is 0 Å². The fraction of sp³-hybridized carbons (Fsp3) is 0.733. The molecule has 1 saturated heterocycles. The largest absolute Gasteiger partial charge is 0.468 e. The number of nitrogens with zero attached hydrogens (tertiary/aromatic N) is 1. The average Bonchev–Trinajstić information content (AvgIpc) is 2.85. The van der Waals surface area contributed by atoms with Gasteiger partial charge in [0.15, 0.2) is 0 Å². The van der Waals surface area contributed by atoms with Crippen molar-refractivity contribution in [2.45, 2.75) is 45.4 Å². The molecule has 0 spiro atoms. The van der Waals surface area contributed by atoms with Crippen LogP contribution in [-0.4, -0.2) is 43.3 Å². The number of nitrogens with one attached hydrogen (secondary N) is 1. The zero-order valence-corrected chi connectivity index (χ0v) is 12.1. The first-order chi connectivity index (χ1) is 9.24. The van der Waals surface area contributed by atoms with E-state index in [1.54, 1.807) is 6.26 Å². The summed E-state index contributed by atoms with van der Waals surface area (Å²) in [7, 11) is 0. The molecule has 0 aromatic carbocycles. The first-order valence-electron chi connectivity index (χ1n) is 7.35. The molecule has 0 saturated carbocycles. The molecule has 1 N–H and O–H groups in total. The Morgan fingerprint density at radius 3 is 2.74 bits per heavy atom. The van der Waals surface area contributed by atoms with Crippen LogP contribution in [0, 0.1) is 0 Å². The lowest BCUT2D eigenvalue weighted by molar-refractivity contribution is -0.0681. The van der Waals surface area contributed by atoms with E-state index in [1.807, 2.05) is 12.1 Å². The molecule has 0 amide bonds. The predicted molar refractivity (Wildman–Crippen MR) is 76.1 cm³/mol. The first kappa shape index (κ1) is 14.6. The van der Waals surface area contributed by atoms with Crippen LogP contribution >= 0.6 is 0 Å². The van der Waals surface area contributed by atoms with Crippen LogP contribution in [0.1, 0.15) is 32.4 Å².